The van der Waals surface area contributed by atoms with Gasteiger partial charge in [-0.05, 0) is 96.7 Å². The van der Waals surface area contributed by atoms with E-state index in [1.165, 1.54) is 20.2 Å². The zero-order valence-electron chi connectivity index (χ0n) is 34.2. The molecule has 0 saturated carbocycles. The number of benzene rings is 10. The van der Waals surface area contributed by atoms with Gasteiger partial charge in [0.1, 0.15) is 22.3 Å². The third-order valence-corrected chi connectivity index (χ3v) is 13.4. The van der Waals surface area contributed by atoms with E-state index in [9.17, 15) is 0 Å². The summed E-state index contributed by atoms with van der Waals surface area (Å²) < 4.78 is 15.5. The van der Waals surface area contributed by atoms with Crippen LogP contribution in [0, 0.1) is 43.2 Å². The number of thiophene rings is 1. The van der Waals surface area contributed by atoms with E-state index >= 15 is 0 Å². The maximum atomic E-state index is 6.69. The summed E-state index contributed by atoms with van der Waals surface area (Å²) >= 11 is 1.84. The molecule has 0 atom stereocenters. The Balaban J connectivity index is 0.00000433. The second kappa shape index (κ2) is 15.6. The standard InChI is InChI=1S/C58H34N2O2S.U/c1-3-11-41(12-4-1)59(45-27-30-58-52(35-45)49-16-8-10-18-57(49)63-58)43-23-21-37(22-24-43)38-19-20-39-32-50-48-28-25-46(36-56(48)62-55(50)33-40(39)31-38)60(42-13-5-2-6-14-42)44-26-29-54-51(34-44)47-15-7-9-17-53(47)61-54;/h1-18,20-21,23-36H;/q-2;+2. The van der Waals surface area contributed by atoms with Crippen LogP contribution in [0.1, 0.15) is 0 Å². The minimum absolute atomic E-state index is 0. The van der Waals surface area contributed by atoms with Crippen molar-refractivity contribution in [1.82, 2.24) is 0 Å². The Bertz CT molecular complexity index is 3870. The first-order valence-corrected chi connectivity index (χ1v) is 21.9. The summed E-state index contributed by atoms with van der Waals surface area (Å²) in [5, 5.41) is 9.08. The number of hydrogen-bond acceptors (Lipinski definition) is 5. The monoisotopic (exact) mass is 1060 g/mol. The van der Waals surface area contributed by atoms with Gasteiger partial charge in [-0.2, -0.15) is 24.3 Å². The molecule has 64 heavy (non-hydrogen) atoms. The molecule has 3 heterocycles. The quantitative estimate of drug-likeness (QED) is 0.149. The van der Waals surface area contributed by atoms with Crippen molar-refractivity contribution in [3.05, 3.63) is 218 Å². The molecule has 3 aromatic heterocycles. The summed E-state index contributed by atoms with van der Waals surface area (Å²) in [4.78, 5) is 4.58. The van der Waals surface area contributed by atoms with E-state index in [2.05, 4.69) is 210 Å². The molecule has 0 unspecified atom stereocenters. The number of anilines is 6. The molecule has 10 aromatic carbocycles. The molecule has 6 heteroatoms. The molecule has 4 nitrogen and oxygen atoms in total. The van der Waals surface area contributed by atoms with Gasteiger partial charge in [-0.25, -0.2) is 11.1 Å². The van der Waals surface area contributed by atoms with Crippen LogP contribution >= 0.6 is 11.3 Å². The van der Waals surface area contributed by atoms with Crippen LogP contribution in [0.2, 0.25) is 0 Å². The smallest absolute Gasteiger partial charge is 0.456 e. The molecule has 298 valence electrons. The molecular formula is C58H34N2O2SU. The third kappa shape index (κ3) is 6.49. The summed E-state index contributed by atoms with van der Waals surface area (Å²) in [6.07, 6.45) is 0. The van der Waals surface area contributed by atoms with Gasteiger partial charge >= 0.3 is 31.1 Å². The fraction of sp³-hybridized carbons (Fsp3) is 0. The van der Waals surface area contributed by atoms with Crippen molar-refractivity contribution in [2.75, 3.05) is 9.80 Å². The summed E-state index contributed by atoms with van der Waals surface area (Å²) in [7, 11) is 0. The molecule has 0 fully saturated rings. The molecule has 13 rings (SSSR count). The van der Waals surface area contributed by atoms with Gasteiger partial charge in [0.15, 0.2) is 0 Å². The Kier molecular flexibility index (Phi) is 9.42. The average molecular weight is 1060 g/mol. The van der Waals surface area contributed by atoms with E-state index in [-0.39, 0.29) is 31.1 Å². The van der Waals surface area contributed by atoms with Gasteiger partial charge in [-0.15, -0.1) is 40.3 Å². The van der Waals surface area contributed by atoms with Crippen LogP contribution in [0.3, 0.4) is 0 Å². The molecule has 0 aliphatic heterocycles. The zero-order chi connectivity index (χ0) is 41.4. The van der Waals surface area contributed by atoms with E-state index < -0.39 is 0 Å². The SMILES string of the molecule is [U+2].[c-]1cc(N(c2ccccc2)c2ccc3sc4ccccc4c3c2)ccc1-c1[c-]cc2cc3c(cc2c1)oc1cc(N(c2ccccc2)c2ccc4oc5ccccc5c4c2)ccc13. The van der Waals surface area contributed by atoms with E-state index in [0.717, 1.165) is 99.9 Å². The molecule has 0 N–H and O–H groups in total. The molecule has 0 bridgehead atoms. The molecule has 0 aliphatic rings. The van der Waals surface area contributed by atoms with Gasteiger partial charge in [0.25, 0.3) is 0 Å². The first-order valence-electron chi connectivity index (χ1n) is 21.1. The largest absolute Gasteiger partial charge is 2.00 e. The van der Waals surface area contributed by atoms with Gasteiger partial charge in [0.2, 0.25) is 0 Å². The number of fused-ring (bicyclic) bond motifs is 10. The average Bonchev–Trinajstić information content (AvgIpc) is 4.02. The topological polar surface area (TPSA) is 32.8 Å². The number of nitrogens with zero attached hydrogens (tertiary/aromatic N) is 2. The predicted molar refractivity (Wildman–Crippen MR) is 264 cm³/mol. The van der Waals surface area contributed by atoms with Gasteiger partial charge in [0.05, 0.1) is 0 Å². The first kappa shape index (κ1) is 38.6. The number of rotatable bonds is 7. The fourth-order valence-electron chi connectivity index (χ4n) is 9.22. The third-order valence-electron chi connectivity index (χ3n) is 12.2. The molecule has 13 aromatic rings. The molecule has 0 radical (unpaired) electrons. The minimum atomic E-state index is 0. The Morgan fingerprint density at radius 2 is 0.891 bits per heavy atom. The molecular weight excluding hydrogens is 1030 g/mol. The van der Waals surface area contributed by atoms with E-state index in [0.29, 0.717) is 0 Å². The summed E-state index contributed by atoms with van der Waals surface area (Å²) in [6.45, 7) is 0. The molecule has 0 amide bonds. The van der Waals surface area contributed by atoms with Crippen molar-refractivity contribution < 1.29 is 39.9 Å². The van der Waals surface area contributed by atoms with Crippen molar-refractivity contribution >= 4 is 120 Å². The normalized spacial score (nSPS) is 11.6. The van der Waals surface area contributed by atoms with Crippen LogP contribution in [0.4, 0.5) is 34.1 Å². The van der Waals surface area contributed by atoms with E-state index in [4.69, 9.17) is 8.83 Å². The summed E-state index contributed by atoms with van der Waals surface area (Å²) in [6, 6.07) is 79.8. The van der Waals surface area contributed by atoms with Gasteiger partial charge < -0.3 is 18.6 Å². The maximum absolute atomic E-state index is 6.69. The maximum Gasteiger partial charge on any atom is 2.00 e. The number of furan rings is 2. The minimum Gasteiger partial charge on any atom is -0.456 e. The van der Waals surface area contributed by atoms with Crippen LogP contribution in [-0.2, 0) is 0 Å². The second-order valence-corrected chi connectivity index (χ2v) is 17.1. The zero-order valence-corrected chi connectivity index (χ0v) is 39.2. The van der Waals surface area contributed by atoms with Gasteiger partial charge in [-0.1, -0.05) is 78.9 Å². The van der Waals surface area contributed by atoms with Crippen molar-refractivity contribution in [3.63, 3.8) is 0 Å². The van der Waals surface area contributed by atoms with Crippen molar-refractivity contribution in [3.8, 4) is 11.1 Å². The molecule has 0 spiro atoms. The number of para-hydroxylation sites is 3. The van der Waals surface area contributed by atoms with Gasteiger partial charge in [-0.3, -0.25) is 0 Å². The van der Waals surface area contributed by atoms with Crippen LogP contribution < -0.4 is 9.80 Å². The fourth-order valence-corrected chi connectivity index (χ4v) is 10.3. The molecule has 0 saturated heterocycles. The Labute approximate surface area is 396 Å². The van der Waals surface area contributed by atoms with E-state index in [1.807, 2.05) is 29.5 Å². The predicted octanol–water partition coefficient (Wildman–Crippen LogP) is 17.2. The van der Waals surface area contributed by atoms with Crippen LogP contribution in [-0.4, -0.2) is 0 Å². The van der Waals surface area contributed by atoms with E-state index in [1.54, 1.807) is 0 Å². The summed E-state index contributed by atoms with van der Waals surface area (Å²) in [5.41, 5.74) is 11.7. The Morgan fingerprint density at radius 3 is 1.69 bits per heavy atom. The van der Waals surface area contributed by atoms with Crippen molar-refractivity contribution in [1.29, 1.82) is 0 Å². The number of hydrogen-bond donors (Lipinski definition) is 0. The second-order valence-electron chi connectivity index (χ2n) is 16.0. The Hall–Kier alpha value is -7.07. The van der Waals surface area contributed by atoms with Crippen LogP contribution in [0.15, 0.2) is 215 Å². The van der Waals surface area contributed by atoms with Crippen LogP contribution in [0.25, 0.3) is 85.9 Å². The Morgan fingerprint density at radius 1 is 0.328 bits per heavy atom. The summed E-state index contributed by atoms with van der Waals surface area (Å²) in [5.74, 6) is 0. The first-order chi connectivity index (χ1) is 31.2. The van der Waals surface area contributed by atoms with Crippen LogP contribution in [0.5, 0.6) is 0 Å². The van der Waals surface area contributed by atoms with Crippen molar-refractivity contribution in [2.45, 2.75) is 0 Å². The molecule has 0 aliphatic carbocycles. The van der Waals surface area contributed by atoms with Gasteiger partial charge in [0, 0.05) is 76.2 Å². The van der Waals surface area contributed by atoms with Crippen molar-refractivity contribution in [2.24, 2.45) is 0 Å².